The second-order valence-electron chi connectivity index (χ2n) is 3.61. The lowest BCUT2D eigenvalue weighted by molar-refractivity contribution is -0.120. The molecule has 0 bridgehead atoms. The summed E-state index contributed by atoms with van der Waals surface area (Å²) in [7, 11) is -3.67. The quantitative estimate of drug-likeness (QED) is 0.721. The molecule has 0 aliphatic carbocycles. The minimum absolute atomic E-state index is 0.180. The third-order valence-corrected chi connectivity index (χ3v) is 4.65. The van der Waals surface area contributed by atoms with E-state index in [1.54, 1.807) is 13.0 Å². The number of hydrogen-bond acceptors (Lipinski definition) is 4. The van der Waals surface area contributed by atoms with Crippen LogP contribution in [0.1, 0.15) is 19.8 Å². The first-order valence-corrected chi connectivity index (χ1v) is 6.68. The normalized spacial score (nSPS) is 20.6. The van der Waals surface area contributed by atoms with E-state index in [-0.39, 0.29) is 18.9 Å². The first kappa shape index (κ1) is 12.9. The zero-order chi connectivity index (χ0) is 12.2. The van der Waals surface area contributed by atoms with Gasteiger partial charge in [0.1, 0.15) is 0 Å². The Labute approximate surface area is 95.3 Å². The van der Waals surface area contributed by atoms with Crippen molar-refractivity contribution in [3.8, 4) is 6.07 Å². The van der Waals surface area contributed by atoms with Gasteiger partial charge in [-0.2, -0.15) is 9.57 Å². The number of amides is 1. The zero-order valence-corrected chi connectivity index (χ0v) is 9.96. The number of nitriles is 1. The van der Waals surface area contributed by atoms with Gasteiger partial charge in [0.15, 0.2) is 5.25 Å². The third kappa shape index (κ3) is 2.71. The van der Waals surface area contributed by atoms with E-state index in [1.165, 1.54) is 0 Å². The van der Waals surface area contributed by atoms with Crippen molar-refractivity contribution in [2.45, 2.75) is 25.0 Å². The smallest absolute Gasteiger partial charge is 0.235 e. The van der Waals surface area contributed by atoms with Crippen LogP contribution >= 0.6 is 0 Å². The maximum atomic E-state index is 12.0. The first-order valence-electron chi connectivity index (χ1n) is 5.17. The standard InChI is InChI=1S/C9H15N3O3S/c1-2-8(6-10)16(14,15)12-5-3-4-11-9(13)7-12/h8H,2-5,7H2,1H3,(H,11,13). The molecule has 0 radical (unpaired) electrons. The number of carbonyl (C=O) groups excluding carboxylic acids is 1. The summed E-state index contributed by atoms with van der Waals surface area (Å²) in [6, 6.07) is 1.76. The van der Waals surface area contributed by atoms with Crippen LogP contribution in [0.25, 0.3) is 0 Å². The van der Waals surface area contributed by atoms with Crippen molar-refractivity contribution in [2.24, 2.45) is 0 Å². The van der Waals surface area contributed by atoms with Crippen LogP contribution in [0.15, 0.2) is 0 Å². The van der Waals surface area contributed by atoms with Crippen LogP contribution in [0.4, 0.5) is 0 Å². The molecule has 0 spiro atoms. The summed E-state index contributed by atoms with van der Waals surface area (Å²) in [5, 5.41) is 10.3. The Balaban J connectivity index is 2.90. The lowest BCUT2D eigenvalue weighted by atomic mass is 10.4. The van der Waals surface area contributed by atoms with E-state index < -0.39 is 15.3 Å². The highest BCUT2D eigenvalue weighted by Crippen LogP contribution is 2.13. The van der Waals surface area contributed by atoms with Crippen molar-refractivity contribution in [3.05, 3.63) is 0 Å². The number of nitrogens with one attached hydrogen (secondary N) is 1. The largest absolute Gasteiger partial charge is 0.355 e. The lowest BCUT2D eigenvalue weighted by Crippen LogP contribution is -2.41. The second kappa shape index (κ2) is 5.27. The molecule has 1 rings (SSSR count). The highest BCUT2D eigenvalue weighted by atomic mass is 32.2. The highest BCUT2D eigenvalue weighted by Gasteiger charge is 2.32. The molecule has 1 fully saturated rings. The molecule has 1 atom stereocenters. The monoisotopic (exact) mass is 245 g/mol. The van der Waals surface area contributed by atoms with Gasteiger partial charge in [-0.15, -0.1) is 0 Å². The average Bonchev–Trinajstić information content (AvgIpc) is 2.44. The molecule has 7 heteroatoms. The Hall–Kier alpha value is -1.13. The molecule has 0 aromatic rings. The summed E-state index contributed by atoms with van der Waals surface area (Å²) in [6.45, 7) is 2.23. The van der Waals surface area contributed by atoms with Gasteiger partial charge in [-0.3, -0.25) is 4.79 Å². The molecular weight excluding hydrogens is 230 g/mol. The van der Waals surface area contributed by atoms with Gasteiger partial charge in [-0.05, 0) is 12.8 Å². The van der Waals surface area contributed by atoms with Crippen LogP contribution < -0.4 is 5.32 Å². The zero-order valence-electron chi connectivity index (χ0n) is 9.14. The van der Waals surface area contributed by atoms with E-state index in [4.69, 9.17) is 5.26 Å². The van der Waals surface area contributed by atoms with Crippen LogP contribution in [0.2, 0.25) is 0 Å². The Kier molecular flexibility index (Phi) is 4.26. The molecule has 6 nitrogen and oxygen atoms in total. The number of hydrogen-bond donors (Lipinski definition) is 1. The van der Waals surface area contributed by atoms with Gasteiger partial charge < -0.3 is 5.32 Å². The van der Waals surface area contributed by atoms with E-state index in [0.717, 1.165) is 4.31 Å². The molecule has 0 aromatic heterocycles. The van der Waals surface area contributed by atoms with E-state index in [0.29, 0.717) is 19.5 Å². The maximum Gasteiger partial charge on any atom is 0.235 e. The van der Waals surface area contributed by atoms with E-state index in [9.17, 15) is 13.2 Å². The topological polar surface area (TPSA) is 90.3 Å². The summed E-state index contributed by atoms with van der Waals surface area (Å²) < 4.78 is 25.0. The molecule has 0 saturated carbocycles. The van der Waals surface area contributed by atoms with E-state index in [1.807, 2.05) is 0 Å². The minimum Gasteiger partial charge on any atom is -0.355 e. The highest BCUT2D eigenvalue weighted by molar-refractivity contribution is 7.90. The maximum absolute atomic E-state index is 12.0. The van der Waals surface area contributed by atoms with Crippen molar-refractivity contribution >= 4 is 15.9 Å². The van der Waals surface area contributed by atoms with Crippen LogP contribution in [-0.4, -0.2) is 43.5 Å². The molecular formula is C9H15N3O3S. The van der Waals surface area contributed by atoms with Crippen molar-refractivity contribution in [3.63, 3.8) is 0 Å². The van der Waals surface area contributed by atoms with Gasteiger partial charge in [-0.25, -0.2) is 8.42 Å². The fraction of sp³-hybridized carbons (Fsp3) is 0.778. The van der Waals surface area contributed by atoms with Crippen LogP contribution in [0, 0.1) is 11.3 Å². The lowest BCUT2D eigenvalue weighted by Gasteiger charge is -2.20. The van der Waals surface area contributed by atoms with Crippen molar-refractivity contribution < 1.29 is 13.2 Å². The number of sulfonamides is 1. The molecule has 1 saturated heterocycles. The fourth-order valence-electron chi connectivity index (χ4n) is 1.54. The summed E-state index contributed by atoms with van der Waals surface area (Å²) >= 11 is 0. The molecule has 1 aliphatic rings. The molecule has 1 aliphatic heterocycles. The predicted octanol–water partition coefficient (Wildman–Crippen LogP) is -0.560. The number of carbonyl (C=O) groups is 1. The number of nitrogens with zero attached hydrogens (tertiary/aromatic N) is 2. The van der Waals surface area contributed by atoms with Crippen molar-refractivity contribution in [1.82, 2.24) is 9.62 Å². The minimum atomic E-state index is -3.67. The Morgan fingerprint density at radius 1 is 1.62 bits per heavy atom. The summed E-state index contributed by atoms with van der Waals surface area (Å²) in [4.78, 5) is 11.2. The Morgan fingerprint density at radius 2 is 2.31 bits per heavy atom. The van der Waals surface area contributed by atoms with E-state index in [2.05, 4.69) is 5.32 Å². The van der Waals surface area contributed by atoms with E-state index >= 15 is 0 Å². The Bertz CT molecular complexity index is 399. The van der Waals surface area contributed by atoms with Crippen molar-refractivity contribution in [1.29, 1.82) is 5.26 Å². The molecule has 1 heterocycles. The third-order valence-electron chi connectivity index (χ3n) is 2.46. The van der Waals surface area contributed by atoms with Crippen LogP contribution in [0.5, 0.6) is 0 Å². The van der Waals surface area contributed by atoms with Gasteiger partial charge in [-0.1, -0.05) is 6.92 Å². The van der Waals surface area contributed by atoms with Crippen molar-refractivity contribution in [2.75, 3.05) is 19.6 Å². The summed E-state index contributed by atoms with van der Waals surface area (Å²) in [6.07, 6.45) is 0.809. The number of rotatable bonds is 3. The average molecular weight is 245 g/mol. The summed E-state index contributed by atoms with van der Waals surface area (Å²) in [5.41, 5.74) is 0. The molecule has 90 valence electrons. The van der Waals surface area contributed by atoms with Crippen LogP contribution in [0.3, 0.4) is 0 Å². The van der Waals surface area contributed by atoms with Gasteiger partial charge in [0.2, 0.25) is 15.9 Å². The predicted molar refractivity (Wildman–Crippen MR) is 57.8 cm³/mol. The molecule has 1 unspecified atom stereocenters. The Morgan fingerprint density at radius 3 is 2.88 bits per heavy atom. The van der Waals surface area contributed by atoms with Gasteiger partial charge in [0.25, 0.3) is 0 Å². The second-order valence-corrected chi connectivity index (χ2v) is 5.72. The fourth-order valence-corrected chi connectivity index (χ4v) is 3.14. The first-order chi connectivity index (χ1) is 7.52. The molecule has 1 N–H and O–H groups in total. The van der Waals surface area contributed by atoms with Gasteiger partial charge in [0.05, 0.1) is 12.6 Å². The van der Waals surface area contributed by atoms with Gasteiger partial charge >= 0.3 is 0 Å². The summed E-state index contributed by atoms with van der Waals surface area (Å²) in [5.74, 6) is -0.311. The molecule has 0 aromatic carbocycles. The van der Waals surface area contributed by atoms with Gasteiger partial charge in [0, 0.05) is 13.1 Å². The molecule has 16 heavy (non-hydrogen) atoms. The SMILES string of the molecule is CCC(C#N)S(=O)(=O)N1CCCNC(=O)C1. The van der Waals surface area contributed by atoms with Crippen LogP contribution in [-0.2, 0) is 14.8 Å². The molecule has 1 amide bonds.